The highest BCUT2D eigenvalue weighted by atomic mass is 14.7. The normalized spacial score (nSPS) is 10.2. The second-order valence-corrected chi connectivity index (χ2v) is 4.91. The molecule has 108 valence electrons. The van der Waals surface area contributed by atoms with Gasteiger partial charge in [0.2, 0.25) is 0 Å². The average molecular weight is 288 g/mol. The molecule has 0 aliphatic rings. The number of nitrogens with zero attached hydrogens (tertiary/aromatic N) is 2. The molecule has 0 bridgehead atoms. The summed E-state index contributed by atoms with van der Waals surface area (Å²) >= 11 is 0. The molecule has 0 amide bonds. The number of hydrogen-bond acceptors (Lipinski definition) is 4. The smallest absolute Gasteiger partial charge is 0.0703 e. The topological polar surface area (TPSA) is 77.8 Å². The lowest BCUT2D eigenvalue weighted by molar-refractivity contribution is 1.36. The van der Waals surface area contributed by atoms with Crippen LogP contribution in [0.3, 0.4) is 0 Å². The molecule has 2 heterocycles. The first kappa shape index (κ1) is 13.8. The molecule has 0 aliphatic carbocycles. The van der Waals surface area contributed by atoms with Crippen LogP contribution in [0.1, 0.15) is 0 Å². The fourth-order valence-electron chi connectivity index (χ4n) is 2.24. The zero-order chi connectivity index (χ0) is 15.4. The van der Waals surface area contributed by atoms with Gasteiger partial charge in [-0.1, -0.05) is 30.3 Å². The third-order valence-corrected chi connectivity index (χ3v) is 3.33. The maximum atomic E-state index is 5.73. The molecule has 2 aromatic heterocycles. The number of aromatic nitrogens is 2. The van der Waals surface area contributed by atoms with Gasteiger partial charge in [-0.15, -0.1) is 0 Å². The lowest BCUT2D eigenvalue weighted by atomic mass is 10.1. The minimum atomic E-state index is 0.712. The molecular formula is C18H16N4. The van der Waals surface area contributed by atoms with Crippen molar-refractivity contribution in [1.29, 1.82) is 0 Å². The number of hydrogen-bond donors (Lipinski definition) is 2. The second kappa shape index (κ2) is 6.10. The van der Waals surface area contributed by atoms with Crippen LogP contribution in [0.5, 0.6) is 0 Å². The first-order valence-corrected chi connectivity index (χ1v) is 6.92. The standard InChI is InChI=1S/2C9H8N2/c10-9-3-1-2-7-6-11-5-4-8(7)9;10-8-5-7-3-1-2-4-9(7)11-6-8/h2*1-6H,10H2. The predicted molar refractivity (Wildman–Crippen MR) is 92.3 cm³/mol. The molecule has 0 radical (unpaired) electrons. The number of nitrogen functional groups attached to an aromatic ring is 2. The second-order valence-electron chi connectivity index (χ2n) is 4.91. The lowest BCUT2D eigenvalue weighted by Gasteiger charge is -1.98. The van der Waals surface area contributed by atoms with E-state index in [-0.39, 0.29) is 0 Å². The Bertz CT molecular complexity index is 907. The van der Waals surface area contributed by atoms with E-state index >= 15 is 0 Å². The van der Waals surface area contributed by atoms with Crippen molar-refractivity contribution in [3.8, 4) is 0 Å². The molecule has 4 heteroatoms. The summed E-state index contributed by atoms with van der Waals surface area (Å²) in [4.78, 5) is 8.15. The van der Waals surface area contributed by atoms with Crippen LogP contribution in [-0.4, -0.2) is 9.97 Å². The Morgan fingerprint density at radius 2 is 1.59 bits per heavy atom. The zero-order valence-electron chi connectivity index (χ0n) is 12.0. The molecule has 0 unspecified atom stereocenters. The molecule has 0 saturated carbocycles. The number of rotatable bonds is 0. The van der Waals surface area contributed by atoms with Gasteiger partial charge in [-0.05, 0) is 24.3 Å². The number of nitrogens with two attached hydrogens (primary N) is 2. The van der Waals surface area contributed by atoms with Crippen LogP contribution < -0.4 is 11.5 Å². The van der Waals surface area contributed by atoms with Crippen LogP contribution in [0.25, 0.3) is 21.7 Å². The molecule has 4 rings (SSSR count). The molecule has 0 aliphatic heterocycles. The molecular weight excluding hydrogens is 272 g/mol. The Morgan fingerprint density at radius 1 is 0.773 bits per heavy atom. The van der Waals surface area contributed by atoms with Crippen LogP contribution in [0, 0.1) is 0 Å². The van der Waals surface area contributed by atoms with Gasteiger partial charge < -0.3 is 11.5 Å². The van der Waals surface area contributed by atoms with E-state index in [1.807, 2.05) is 60.8 Å². The number of pyridine rings is 2. The number of fused-ring (bicyclic) bond motifs is 2. The summed E-state index contributed by atoms with van der Waals surface area (Å²) < 4.78 is 0. The van der Waals surface area contributed by atoms with E-state index in [9.17, 15) is 0 Å². The lowest BCUT2D eigenvalue weighted by Crippen LogP contribution is -1.85. The summed E-state index contributed by atoms with van der Waals surface area (Å²) in [6.07, 6.45) is 5.23. The van der Waals surface area contributed by atoms with Gasteiger partial charge in [0.1, 0.15) is 0 Å². The molecule has 4 N–H and O–H groups in total. The summed E-state index contributed by atoms with van der Waals surface area (Å²) in [5, 5.41) is 3.25. The van der Waals surface area contributed by atoms with Crippen LogP contribution >= 0.6 is 0 Å². The third-order valence-electron chi connectivity index (χ3n) is 3.33. The highest BCUT2D eigenvalue weighted by molar-refractivity contribution is 5.91. The van der Waals surface area contributed by atoms with Crippen LogP contribution in [0.4, 0.5) is 11.4 Å². The van der Waals surface area contributed by atoms with Crippen LogP contribution in [0.2, 0.25) is 0 Å². The highest BCUT2D eigenvalue weighted by Crippen LogP contribution is 2.18. The van der Waals surface area contributed by atoms with Gasteiger partial charge in [-0.3, -0.25) is 9.97 Å². The minimum absolute atomic E-state index is 0.712. The first-order valence-electron chi connectivity index (χ1n) is 6.92. The highest BCUT2D eigenvalue weighted by Gasteiger charge is 1.93. The fourth-order valence-corrected chi connectivity index (χ4v) is 2.24. The van der Waals surface area contributed by atoms with Crippen molar-refractivity contribution in [3.63, 3.8) is 0 Å². The largest absolute Gasteiger partial charge is 0.398 e. The van der Waals surface area contributed by atoms with Gasteiger partial charge in [0.15, 0.2) is 0 Å². The van der Waals surface area contributed by atoms with E-state index in [1.165, 1.54) is 0 Å². The monoisotopic (exact) mass is 288 g/mol. The Hall–Kier alpha value is -3.14. The van der Waals surface area contributed by atoms with Gasteiger partial charge in [0.05, 0.1) is 17.4 Å². The molecule has 4 aromatic rings. The van der Waals surface area contributed by atoms with E-state index in [4.69, 9.17) is 11.5 Å². The third kappa shape index (κ3) is 2.96. The summed E-state index contributed by atoms with van der Waals surface area (Å²) in [6.45, 7) is 0. The fraction of sp³-hybridized carbons (Fsp3) is 0. The van der Waals surface area contributed by atoms with Crippen molar-refractivity contribution < 1.29 is 0 Å². The number of anilines is 2. The summed E-state index contributed by atoms with van der Waals surface area (Å²) in [7, 11) is 0. The van der Waals surface area contributed by atoms with Crippen molar-refractivity contribution >= 4 is 33.1 Å². The SMILES string of the molecule is Nc1cccc2cnccc12.Nc1cnc2ccccc2c1. The van der Waals surface area contributed by atoms with Crippen molar-refractivity contribution in [3.05, 3.63) is 73.2 Å². The van der Waals surface area contributed by atoms with E-state index in [1.54, 1.807) is 12.4 Å². The van der Waals surface area contributed by atoms with Crippen molar-refractivity contribution in [2.45, 2.75) is 0 Å². The van der Waals surface area contributed by atoms with Gasteiger partial charge in [-0.25, -0.2) is 0 Å². The van der Waals surface area contributed by atoms with Crippen LogP contribution in [0.15, 0.2) is 73.2 Å². The molecule has 0 atom stereocenters. The first-order chi connectivity index (χ1) is 10.7. The zero-order valence-corrected chi connectivity index (χ0v) is 12.0. The molecule has 0 spiro atoms. The van der Waals surface area contributed by atoms with Gasteiger partial charge in [0.25, 0.3) is 0 Å². The molecule has 0 saturated heterocycles. The maximum absolute atomic E-state index is 5.73. The Balaban J connectivity index is 0.000000131. The summed E-state index contributed by atoms with van der Waals surface area (Å²) in [6, 6.07) is 17.6. The Morgan fingerprint density at radius 3 is 2.45 bits per heavy atom. The van der Waals surface area contributed by atoms with E-state index < -0.39 is 0 Å². The van der Waals surface area contributed by atoms with Gasteiger partial charge >= 0.3 is 0 Å². The minimum Gasteiger partial charge on any atom is -0.398 e. The van der Waals surface area contributed by atoms with E-state index in [0.29, 0.717) is 5.69 Å². The average Bonchev–Trinajstić information content (AvgIpc) is 2.56. The van der Waals surface area contributed by atoms with Crippen molar-refractivity contribution in [1.82, 2.24) is 9.97 Å². The maximum Gasteiger partial charge on any atom is 0.0703 e. The van der Waals surface area contributed by atoms with E-state index in [2.05, 4.69) is 9.97 Å². The van der Waals surface area contributed by atoms with Gasteiger partial charge in [0, 0.05) is 34.2 Å². The number of benzene rings is 2. The molecule has 2 aromatic carbocycles. The quantitative estimate of drug-likeness (QED) is 0.484. The van der Waals surface area contributed by atoms with Crippen molar-refractivity contribution in [2.75, 3.05) is 11.5 Å². The predicted octanol–water partition coefficient (Wildman–Crippen LogP) is 3.63. The molecule has 4 nitrogen and oxygen atoms in total. The van der Waals surface area contributed by atoms with E-state index in [0.717, 1.165) is 27.4 Å². The van der Waals surface area contributed by atoms with Crippen LogP contribution in [-0.2, 0) is 0 Å². The Labute approximate surface area is 128 Å². The number of para-hydroxylation sites is 1. The van der Waals surface area contributed by atoms with Gasteiger partial charge in [-0.2, -0.15) is 0 Å². The summed E-state index contributed by atoms with van der Waals surface area (Å²) in [5.41, 5.74) is 13.8. The summed E-state index contributed by atoms with van der Waals surface area (Å²) in [5.74, 6) is 0. The molecule has 22 heavy (non-hydrogen) atoms. The Kier molecular flexibility index (Phi) is 3.83. The molecule has 0 fully saturated rings. The van der Waals surface area contributed by atoms with Crippen molar-refractivity contribution in [2.24, 2.45) is 0 Å².